The molecule has 7 heteroatoms. The molecule has 3 N–H and O–H groups in total. The third kappa shape index (κ3) is 4.90. The predicted octanol–water partition coefficient (Wildman–Crippen LogP) is 0.756. The number of aromatic nitrogens is 1. The molecule has 0 aliphatic carbocycles. The van der Waals surface area contributed by atoms with E-state index in [0.29, 0.717) is 11.7 Å². The van der Waals surface area contributed by atoms with Gasteiger partial charge in [-0.1, -0.05) is 12.1 Å². The van der Waals surface area contributed by atoms with Crippen LogP contribution in [-0.4, -0.2) is 61.4 Å². The van der Waals surface area contributed by atoms with E-state index in [0.717, 1.165) is 67.8 Å². The van der Waals surface area contributed by atoms with Gasteiger partial charge < -0.3 is 24.8 Å². The lowest BCUT2D eigenvalue weighted by atomic mass is 10.0. The van der Waals surface area contributed by atoms with Crippen molar-refractivity contribution < 1.29 is 9.64 Å². The van der Waals surface area contributed by atoms with Crippen LogP contribution in [0.3, 0.4) is 0 Å². The van der Waals surface area contributed by atoms with E-state index in [1.807, 2.05) is 20.0 Å². The molecule has 0 saturated carbocycles. The highest BCUT2D eigenvalue weighted by molar-refractivity contribution is 7.80. The minimum absolute atomic E-state index is 0.0380. The van der Waals surface area contributed by atoms with Crippen LogP contribution in [0.4, 0.5) is 0 Å². The van der Waals surface area contributed by atoms with Gasteiger partial charge >= 0.3 is 0 Å². The maximum Gasteiger partial charge on any atom is 0.253 e. The summed E-state index contributed by atoms with van der Waals surface area (Å²) in [6, 6.07) is 6.17. The van der Waals surface area contributed by atoms with Crippen molar-refractivity contribution in [3.63, 3.8) is 0 Å². The molecule has 0 unspecified atom stereocenters. The van der Waals surface area contributed by atoms with E-state index < -0.39 is 0 Å². The van der Waals surface area contributed by atoms with Crippen LogP contribution in [-0.2, 0) is 11.3 Å². The Kier molecular flexibility index (Phi) is 7.04. The number of nitrogens with zero attached hydrogens (tertiary/aromatic N) is 1. The van der Waals surface area contributed by atoms with Gasteiger partial charge in [0, 0.05) is 25.6 Å². The number of benzene rings is 1. The maximum atomic E-state index is 12.7. The zero-order chi connectivity index (χ0) is 20.1. The van der Waals surface area contributed by atoms with E-state index in [2.05, 4.69) is 34.3 Å². The number of nitrogens with one attached hydrogen (secondary N) is 3. The molecule has 28 heavy (non-hydrogen) atoms. The fourth-order valence-corrected chi connectivity index (χ4v) is 3.89. The van der Waals surface area contributed by atoms with Crippen LogP contribution >= 0.6 is 12.2 Å². The second kappa shape index (κ2) is 9.49. The first-order chi connectivity index (χ1) is 13.5. The number of pyridine rings is 1. The molecule has 1 aliphatic rings. The Morgan fingerprint density at radius 3 is 2.79 bits per heavy atom. The summed E-state index contributed by atoms with van der Waals surface area (Å²) in [5.41, 5.74) is 3.93. The van der Waals surface area contributed by atoms with Crippen molar-refractivity contribution in [2.75, 3.05) is 46.4 Å². The van der Waals surface area contributed by atoms with E-state index >= 15 is 0 Å². The Morgan fingerprint density at radius 2 is 2.07 bits per heavy atom. The number of quaternary nitrogens is 1. The Balaban J connectivity index is 1.73. The minimum atomic E-state index is -0.0380. The van der Waals surface area contributed by atoms with Crippen LogP contribution < -0.4 is 15.8 Å². The van der Waals surface area contributed by atoms with Crippen molar-refractivity contribution in [1.82, 2.24) is 15.2 Å². The Morgan fingerprint density at radius 1 is 1.32 bits per heavy atom. The van der Waals surface area contributed by atoms with Crippen LogP contribution in [0.15, 0.2) is 23.0 Å². The van der Waals surface area contributed by atoms with Gasteiger partial charge in [-0.3, -0.25) is 4.79 Å². The highest BCUT2D eigenvalue weighted by Gasteiger charge is 2.16. The molecule has 3 rings (SSSR count). The lowest BCUT2D eigenvalue weighted by Gasteiger charge is -2.27. The summed E-state index contributed by atoms with van der Waals surface area (Å²) in [5.74, 6) is 0. The predicted molar refractivity (Wildman–Crippen MR) is 117 cm³/mol. The van der Waals surface area contributed by atoms with E-state index in [9.17, 15) is 4.79 Å². The van der Waals surface area contributed by atoms with E-state index in [1.54, 1.807) is 4.90 Å². The Labute approximate surface area is 171 Å². The summed E-state index contributed by atoms with van der Waals surface area (Å²) in [6.07, 6.45) is 1.03. The molecule has 0 atom stereocenters. The number of aromatic amines is 1. The van der Waals surface area contributed by atoms with Crippen LogP contribution in [0.2, 0.25) is 0 Å². The quantitative estimate of drug-likeness (QED) is 0.622. The topological polar surface area (TPSA) is 61.8 Å². The molecule has 1 saturated heterocycles. The van der Waals surface area contributed by atoms with Crippen molar-refractivity contribution in [2.24, 2.45) is 0 Å². The molecule has 1 fully saturated rings. The lowest BCUT2D eigenvalue weighted by molar-refractivity contribution is -0.908. The molecule has 2 aromatic rings. The van der Waals surface area contributed by atoms with Crippen molar-refractivity contribution >= 4 is 28.2 Å². The van der Waals surface area contributed by atoms with Gasteiger partial charge in [0.1, 0.15) is 13.1 Å². The molecule has 0 bridgehead atoms. The van der Waals surface area contributed by atoms with Crippen molar-refractivity contribution in [1.29, 1.82) is 0 Å². The summed E-state index contributed by atoms with van der Waals surface area (Å²) >= 11 is 5.50. The van der Waals surface area contributed by atoms with Gasteiger partial charge in [-0.05, 0) is 48.6 Å². The van der Waals surface area contributed by atoms with Gasteiger partial charge in [-0.2, -0.15) is 0 Å². The number of hydrogen-bond donors (Lipinski definition) is 3. The number of thiocarbonyl (C=S) groups is 1. The van der Waals surface area contributed by atoms with Crippen molar-refractivity contribution in [3.05, 3.63) is 45.2 Å². The molecule has 1 aromatic heterocycles. The second-order valence-corrected chi connectivity index (χ2v) is 7.92. The number of aryl methyl sites for hydroxylation is 2. The van der Waals surface area contributed by atoms with Crippen LogP contribution in [0.25, 0.3) is 10.9 Å². The SMILES string of the molecule is CNC(=S)N(CCC[NH+]1CCOCC1)Cc1cc2ccc(C)c(C)c2[nH]c1=O. The van der Waals surface area contributed by atoms with Gasteiger partial charge in [0.05, 0.1) is 31.8 Å². The molecule has 152 valence electrons. The molecule has 1 aliphatic heterocycles. The number of hydrogen-bond acceptors (Lipinski definition) is 3. The fraction of sp³-hybridized carbons (Fsp3) is 0.524. The van der Waals surface area contributed by atoms with Gasteiger partial charge in [0.15, 0.2) is 5.11 Å². The van der Waals surface area contributed by atoms with Gasteiger partial charge in [0.2, 0.25) is 0 Å². The highest BCUT2D eigenvalue weighted by atomic mass is 32.1. The molecule has 2 heterocycles. The molecule has 1 aromatic carbocycles. The number of morpholine rings is 1. The third-order valence-corrected chi connectivity index (χ3v) is 6.11. The van der Waals surface area contributed by atoms with Gasteiger partial charge in [-0.15, -0.1) is 0 Å². The Hall–Kier alpha value is -1.96. The third-order valence-electron chi connectivity index (χ3n) is 5.65. The molecular formula is C21H31N4O2S+. The van der Waals surface area contributed by atoms with Crippen molar-refractivity contribution in [2.45, 2.75) is 26.8 Å². The standard InChI is InChI=1S/C21H30N4O2S/c1-15-5-6-17-13-18(20(26)23-19(17)16(15)2)14-25(21(28)22-3)8-4-7-24-9-11-27-12-10-24/h5-6,13H,4,7-12,14H2,1-3H3,(H,22,28)(H,23,26)/p+1. The highest BCUT2D eigenvalue weighted by Crippen LogP contribution is 2.19. The average molecular weight is 404 g/mol. The van der Waals surface area contributed by atoms with Crippen LogP contribution in [0.1, 0.15) is 23.1 Å². The number of fused-ring (bicyclic) bond motifs is 1. The lowest BCUT2D eigenvalue weighted by Crippen LogP contribution is -3.14. The van der Waals surface area contributed by atoms with Gasteiger partial charge in [-0.25, -0.2) is 0 Å². The smallest absolute Gasteiger partial charge is 0.253 e. The number of H-pyrrole nitrogens is 1. The monoisotopic (exact) mass is 403 g/mol. The Bertz CT molecular complexity index is 890. The number of rotatable bonds is 6. The zero-order valence-electron chi connectivity index (χ0n) is 17.1. The van der Waals surface area contributed by atoms with Crippen LogP contribution in [0.5, 0.6) is 0 Å². The maximum absolute atomic E-state index is 12.7. The average Bonchev–Trinajstić information content (AvgIpc) is 2.71. The first-order valence-electron chi connectivity index (χ1n) is 9.99. The first kappa shape index (κ1) is 20.8. The molecule has 6 nitrogen and oxygen atoms in total. The van der Waals surface area contributed by atoms with Gasteiger partial charge in [0.25, 0.3) is 5.56 Å². The molecule has 0 radical (unpaired) electrons. The second-order valence-electron chi connectivity index (χ2n) is 7.54. The number of ether oxygens (including phenoxy) is 1. The minimum Gasteiger partial charge on any atom is -0.370 e. The summed E-state index contributed by atoms with van der Waals surface area (Å²) in [4.78, 5) is 19.4. The first-order valence-corrected chi connectivity index (χ1v) is 10.4. The van der Waals surface area contributed by atoms with Crippen LogP contribution in [0, 0.1) is 13.8 Å². The van der Waals surface area contributed by atoms with E-state index in [-0.39, 0.29) is 5.56 Å². The fourth-order valence-electron chi connectivity index (χ4n) is 3.73. The molecule has 0 amide bonds. The van der Waals surface area contributed by atoms with E-state index in [4.69, 9.17) is 17.0 Å². The summed E-state index contributed by atoms with van der Waals surface area (Å²) in [7, 11) is 1.83. The summed E-state index contributed by atoms with van der Waals surface area (Å²) in [5, 5.41) is 4.80. The molecule has 0 spiro atoms. The summed E-state index contributed by atoms with van der Waals surface area (Å²) in [6.45, 7) is 10.4. The van der Waals surface area contributed by atoms with Crippen molar-refractivity contribution in [3.8, 4) is 0 Å². The van der Waals surface area contributed by atoms with E-state index in [1.165, 1.54) is 5.56 Å². The molecular weight excluding hydrogens is 372 g/mol. The summed E-state index contributed by atoms with van der Waals surface area (Å²) < 4.78 is 5.43. The largest absolute Gasteiger partial charge is 0.370 e. The zero-order valence-corrected chi connectivity index (χ0v) is 17.9. The normalized spacial score (nSPS) is 15.0.